The van der Waals surface area contributed by atoms with Crippen LogP contribution in [0.15, 0.2) is 78.9 Å². The molecular formula is C23H22O3. The number of carbonyl (C=O) groups is 1. The number of carboxylic acid groups (broad SMARTS) is 1. The molecular weight excluding hydrogens is 324 g/mol. The summed E-state index contributed by atoms with van der Waals surface area (Å²) in [5.41, 5.74) is 3.49. The number of rotatable bonds is 6. The highest BCUT2D eigenvalue weighted by Gasteiger charge is 2.22. The topological polar surface area (TPSA) is 46.5 Å². The molecule has 0 aliphatic carbocycles. The Morgan fingerprint density at radius 3 is 2.19 bits per heavy atom. The first-order valence-corrected chi connectivity index (χ1v) is 8.58. The van der Waals surface area contributed by atoms with Crippen LogP contribution < -0.4 is 4.74 Å². The van der Waals surface area contributed by atoms with Crippen LogP contribution in [0.2, 0.25) is 0 Å². The highest BCUT2D eigenvalue weighted by molar-refractivity contribution is 5.87. The molecule has 0 aromatic heterocycles. The van der Waals surface area contributed by atoms with E-state index in [0.29, 0.717) is 6.61 Å². The van der Waals surface area contributed by atoms with Gasteiger partial charge in [0.1, 0.15) is 12.4 Å². The lowest BCUT2D eigenvalue weighted by Gasteiger charge is -2.26. The first-order valence-electron chi connectivity index (χ1n) is 8.58. The van der Waals surface area contributed by atoms with Crippen LogP contribution in [0.1, 0.15) is 40.9 Å². The zero-order valence-electron chi connectivity index (χ0n) is 15.0. The van der Waals surface area contributed by atoms with Crippen LogP contribution in [0.4, 0.5) is 0 Å². The average Bonchev–Trinajstić information content (AvgIpc) is 2.67. The summed E-state index contributed by atoms with van der Waals surface area (Å²) in [7, 11) is 0. The summed E-state index contributed by atoms with van der Waals surface area (Å²) >= 11 is 0. The largest absolute Gasteiger partial charge is 0.489 e. The fraction of sp³-hybridized carbons (Fsp3) is 0.174. The summed E-state index contributed by atoms with van der Waals surface area (Å²) < 4.78 is 5.81. The molecule has 0 radical (unpaired) electrons. The number of hydrogen-bond donors (Lipinski definition) is 1. The molecule has 0 spiro atoms. The van der Waals surface area contributed by atoms with E-state index in [1.165, 1.54) is 11.1 Å². The first-order chi connectivity index (χ1) is 12.5. The summed E-state index contributed by atoms with van der Waals surface area (Å²) in [5, 5.41) is 9.05. The summed E-state index contributed by atoms with van der Waals surface area (Å²) in [6.45, 7) is 4.74. The van der Waals surface area contributed by atoms with E-state index in [2.05, 4.69) is 50.2 Å². The number of benzene rings is 3. The van der Waals surface area contributed by atoms with Crippen molar-refractivity contribution < 1.29 is 14.6 Å². The lowest BCUT2D eigenvalue weighted by atomic mass is 9.78. The van der Waals surface area contributed by atoms with Crippen molar-refractivity contribution in [3.63, 3.8) is 0 Å². The van der Waals surface area contributed by atoms with Crippen molar-refractivity contribution in [2.24, 2.45) is 0 Å². The van der Waals surface area contributed by atoms with Gasteiger partial charge >= 0.3 is 5.97 Å². The molecule has 1 N–H and O–H groups in total. The molecule has 3 rings (SSSR count). The van der Waals surface area contributed by atoms with Gasteiger partial charge in [0.25, 0.3) is 0 Å². The lowest BCUT2D eigenvalue weighted by Crippen LogP contribution is -2.18. The maximum absolute atomic E-state index is 11.0. The van der Waals surface area contributed by atoms with Gasteiger partial charge in [-0.3, -0.25) is 0 Å². The average molecular weight is 346 g/mol. The van der Waals surface area contributed by atoms with Gasteiger partial charge in [0.2, 0.25) is 0 Å². The SMILES string of the molecule is CC(C)(c1ccccc1)c1ccc(OCc2cccc(C(=O)O)c2)cc1. The summed E-state index contributed by atoms with van der Waals surface area (Å²) in [6, 6.07) is 25.3. The summed E-state index contributed by atoms with van der Waals surface area (Å²) in [4.78, 5) is 11.0. The van der Waals surface area contributed by atoms with E-state index < -0.39 is 5.97 Å². The number of aromatic carboxylic acids is 1. The third-order valence-electron chi connectivity index (χ3n) is 4.65. The molecule has 0 fully saturated rings. The van der Waals surface area contributed by atoms with Crippen LogP contribution in [0, 0.1) is 0 Å². The summed E-state index contributed by atoms with van der Waals surface area (Å²) in [6.07, 6.45) is 0. The van der Waals surface area contributed by atoms with Crippen LogP contribution in [-0.4, -0.2) is 11.1 Å². The zero-order chi connectivity index (χ0) is 18.6. The Kier molecular flexibility index (Phi) is 5.08. The van der Waals surface area contributed by atoms with Gasteiger partial charge in [-0.25, -0.2) is 4.79 Å². The normalized spacial score (nSPS) is 11.2. The molecule has 0 heterocycles. The third kappa shape index (κ3) is 3.94. The molecule has 0 aliphatic heterocycles. The number of hydrogen-bond acceptors (Lipinski definition) is 2. The van der Waals surface area contributed by atoms with Crippen molar-refractivity contribution in [3.8, 4) is 5.75 Å². The van der Waals surface area contributed by atoms with Crippen LogP contribution in [0.25, 0.3) is 0 Å². The van der Waals surface area contributed by atoms with E-state index in [9.17, 15) is 4.79 Å². The molecule has 0 unspecified atom stereocenters. The third-order valence-corrected chi connectivity index (χ3v) is 4.65. The van der Waals surface area contributed by atoms with E-state index in [4.69, 9.17) is 9.84 Å². The van der Waals surface area contributed by atoms with Crippen molar-refractivity contribution in [2.75, 3.05) is 0 Å². The Balaban J connectivity index is 1.70. The fourth-order valence-electron chi connectivity index (χ4n) is 2.95. The molecule has 132 valence electrons. The van der Waals surface area contributed by atoms with Gasteiger partial charge in [0.05, 0.1) is 5.56 Å². The van der Waals surface area contributed by atoms with Crippen molar-refractivity contribution in [1.82, 2.24) is 0 Å². The van der Waals surface area contributed by atoms with Crippen LogP contribution >= 0.6 is 0 Å². The minimum Gasteiger partial charge on any atom is -0.489 e. The van der Waals surface area contributed by atoms with Gasteiger partial charge < -0.3 is 9.84 Å². The Morgan fingerprint density at radius 2 is 1.54 bits per heavy atom. The molecule has 0 saturated carbocycles. The molecule has 0 atom stereocenters. The first kappa shape index (κ1) is 17.7. The van der Waals surface area contributed by atoms with Gasteiger partial charge in [-0.15, -0.1) is 0 Å². The van der Waals surface area contributed by atoms with E-state index in [0.717, 1.165) is 11.3 Å². The molecule has 0 aliphatic rings. The Hall–Kier alpha value is -3.07. The lowest BCUT2D eigenvalue weighted by molar-refractivity contribution is 0.0696. The molecule has 3 aromatic rings. The fourth-order valence-corrected chi connectivity index (χ4v) is 2.95. The van der Waals surface area contributed by atoms with Crippen molar-refractivity contribution in [2.45, 2.75) is 25.9 Å². The summed E-state index contributed by atoms with van der Waals surface area (Å²) in [5.74, 6) is -0.169. The number of carboxylic acids is 1. The monoisotopic (exact) mass is 346 g/mol. The minimum absolute atomic E-state index is 0.0877. The molecule has 3 nitrogen and oxygen atoms in total. The van der Waals surface area contributed by atoms with E-state index >= 15 is 0 Å². The smallest absolute Gasteiger partial charge is 0.335 e. The Morgan fingerprint density at radius 1 is 0.885 bits per heavy atom. The standard InChI is InChI=1S/C23H22O3/c1-23(2,19-9-4-3-5-10-19)20-11-13-21(14-12-20)26-16-17-7-6-8-18(15-17)22(24)25/h3-15H,16H2,1-2H3,(H,24,25). The Bertz CT molecular complexity index is 881. The van der Waals surface area contributed by atoms with Crippen molar-refractivity contribution in [1.29, 1.82) is 0 Å². The second kappa shape index (κ2) is 7.44. The van der Waals surface area contributed by atoms with Crippen molar-refractivity contribution >= 4 is 5.97 Å². The van der Waals surface area contributed by atoms with Gasteiger partial charge in [-0.2, -0.15) is 0 Å². The highest BCUT2D eigenvalue weighted by Crippen LogP contribution is 2.32. The molecule has 0 bridgehead atoms. The van der Waals surface area contributed by atoms with Crippen LogP contribution in [0.3, 0.4) is 0 Å². The maximum Gasteiger partial charge on any atom is 0.335 e. The predicted molar refractivity (Wildman–Crippen MR) is 103 cm³/mol. The molecule has 0 amide bonds. The van der Waals surface area contributed by atoms with E-state index in [1.807, 2.05) is 24.3 Å². The maximum atomic E-state index is 11.0. The molecule has 3 aromatic carbocycles. The Labute approximate surface area is 153 Å². The van der Waals surface area contributed by atoms with Crippen molar-refractivity contribution in [3.05, 3.63) is 101 Å². The predicted octanol–water partition coefficient (Wildman–Crippen LogP) is 5.29. The van der Waals surface area contributed by atoms with Gasteiger partial charge in [-0.1, -0.05) is 68.4 Å². The number of ether oxygens (including phenoxy) is 1. The van der Waals surface area contributed by atoms with E-state index in [1.54, 1.807) is 18.2 Å². The minimum atomic E-state index is -0.931. The van der Waals surface area contributed by atoms with Gasteiger partial charge in [0, 0.05) is 5.41 Å². The molecule has 3 heteroatoms. The second-order valence-corrected chi connectivity index (χ2v) is 6.81. The van der Waals surface area contributed by atoms with Crippen LogP contribution in [-0.2, 0) is 12.0 Å². The van der Waals surface area contributed by atoms with Crippen LogP contribution in [0.5, 0.6) is 5.75 Å². The van der Waals surface area contributed by atoms with Gasteiger partial charge in [0.15, 0.2) is 0 Å². The second-order valence-electron chi connectivity index (χ2n) is 6.81. The zero-order valence-corrected chi connectivity index (χ0v) is 15.0. The van der Waals surface area contributed by atoms with E-state index in [-0.39, 0.29) is 11.0 Å². The highest BCUT2D eigenvalue weighted by atomic mass is 16.5. The molecule has 0 saturated heterocycles. The molecule has 26 heavy (non-hydrogen) atoms. The van der Waals surface area contributed by atoms with Gasteiger partial charge in [-0.05, 0) is 41.0 Å². The quantitative estimate of drug-likeness (QED) is 0.660.